The third-order valence-corrected chi connectivity index (χ3v) is 4.43. The van der Waals surface area contributed by atoms with E-state index in [0.717, 1.165) is 30.2 Å². The standard InChI is InChI=1S/C15H31N/c1-4-6-8-14(12(3)7-5-2)15-11-13(15)9-10-16/h12-15H,4-11,16H2,1-3H3/t12?,13?,14?,15-/m1/s1. The first kappa shape index (κ1) is 14.0. The summed E-state index contributed by atoms with van der Waals surface area (Å²) in [7, 11) is 0. The number of hydrogen-bond donors (Lipinski definition) is 1. The Bertz CT molecular complexity index is 178. The first-order chi connectivity index (χ1) is 7.74. The zero-order valence-corrected chi connectivity index (χ0v) is 11.5. The average molecular weight is 225 g/mol. The van der Waals surface area contributed by atoms with Gasteiger partial charge in [0.05, 0.1) is 0 Å². The van der Waals surface area contributed by atoms with Crippen molar-refractivity contribution in [2.24, 2.45) is 29.4 Å². The highest BCUT2D eigenvalue weighted by Gasteiger charge is 2.42. The first-order valence-electron chi connectivity index (χ1n) is 7.44. The Balaban J connectivity index is 2.38. The number of rotatable bonds is 9. The number of nitrogens with two attached hydrogens (primary N) is 1. The lowest BCUT2D eigenvalue weighted by molar-refractivity contribution is 0.261. The van der Waals surface area contributed by atoms with Crippen LogP contribution in [-0.2, 0) is 0 Å². The van der Waals surface area contributed by atoms with Crippen molar-refractivity contribution in [1.82, 2.24) is 0 Å². The molecular formula is C15H31N. The van der Waals surface area contributed by atoms with E-state index >= 15 is 0 Å². The zero-order chi connectivity index (χ0) is 12.0. The molecular weight excluding hydrogens is 194 g/mol. The quantitative estimate of drug-likeness (QED) is 0.625. The maximum Gasteiger partial charge on any atom is -0.00745 e. The molecule has 0 aliphatic heterocycles. The van der Waals surface area contributed by atoms with Crippen LogP contribution in [0.3, 0.4) is 0 Å². The minimum absolute atomic E-state index is 0.893. The Hall–Kier alpha value is -0.0400. The molecule has 0 radical (unpaired) electrons. The van der Waals surface area contributed by atoms with Crippen LogP contribution < -0.4 is 5.73 Å². The third kappa shape index (κ3) is 4.08. The molecule has 0 aromatic rings. The fourth-order valence-corrected chi connectivity index (χ4v) is 3.37. The van der Waals surface area contributed by atoms with Gasteiger partial charge in [-0.2, -0.15) is 0 Å². The molecule has 0 spiro atoms. The van der Waals surface area contributed by atoms with E-state index in [0.29, 0.717) is 0 Å². The van der Waals surface area contributed by atoms with E-state index in [1.807, 2.05) is 0 Å². The highest BCUT2D eigenvalue weighted by atomic mass is 14.6. The fraction of sp³-hybridized carbons (Fsp3) is 1.00. The summed E-state index contributed by atoms with van der Waals surface area (Å²) in [6.07, 6.45) is 9.74. The van der Waals surface area contributed by atoms with Crippen LogP contribution in [0, 0.1) is 23.7 Å². The average Bonchev–Trinajstić information content (AvgIpc) is 2.99. The molecule has 2 N–H and O–H groups in total. The third-order valence-electron chi connectivity index (χ3n) is 4.43. The van der Waals surface area contributed by atoms with Gasteiger partial charge in [0, 0.05) is 0 Å². The monoisotopic (exact) mass is 225 g/mol. The Kier molecular flexibility index (Phi) is 6.41. The summed E-state index contributed by atoms with van der Waals surface area (Å²) in [5.74, 6) is 3.93. The van der Waals surface area contributed by atoms with Crippen LogP contribution >= 0.6 is 0 Å². The summed E-state index contributed by atoms with van der Waals surface area (Å²) in [4.78, 5) is 0. The zero-order valence-electron chi connectivity index (χ0n) is 11.5. The van der Waals surface area contributed by atoms with Crippen molar-refractivity contribution >= 4 is 0 Å². The van der Waals surface area contributed by atoms with E-state index in [1.165, 1.54) is 44.9 Å². The Morgan fingerprint density at radius 2 is 1.94 bits per heavy atom. The lowest BCUT2D eigenvalue weighted by atomic mass is 9.82. The van der Waals surface area contributed by atoms with Crippen molar-refractivity contribution < 1.29 is 0 Å². The largest absolute Gasteiger partial charge is 0.330 e. The molecule has 1 aliphatic carbocycles. The molecule has 1 saturated carbocycles. The van der Waals surface area contributed by atoms with Gasteiger partial charge in [0.1, 0.15) is 0 Å². The summed E-state index contributed by atoms with van der Waals surface area (Å²) in [6.45, 7) is 7.99. The Morgan fingerprint density at radius 3 is 2.50 bits per heavy atom. The van der Waals surface area contributed by atoms with E-state index in [1.54, 1.807) is 0 Å². The predicted octanol–water partition coefficient (Wildman–Crippen LogP) is 4.21. The maximum absolute atomic E-state index is 5.67. The second kappa shape index (κ2) is 7.32. The second-order valence-electron chi connectivity index (χ2n) is 5.81. The maximum atomic E-state index is 5.67. The summed E-state index contributed by atoms with van der Waals surface area (Å²) < 4.78 is 0. The molecule has 1 rings (SSSR count). The van der Waals surface area contributed by atoms with Gasteiger partial charge in [-0.15, -0.1) is 0 Å². The predicted molar refractivity (Wildman–Crippen MR) is 72.4 cm³/mol. The van der Waals surface area contributed by atoms with E-state index < -0.39 is 0 Å². The molecule has 1 nitrogen and oxygen atoms in total. The summed E-state index contributed by atoms with van der Waals surface area (Å²) in [5.41, 5.74) is 5.67. The van der Waals surface area contributed by atoms with Crippen molar-refractivity contribution in [2.45, 2.75) is 65.7 Å². The summed E-state index contributed by atoms with van der Waals surface area (Å²) >= 11 is 0. The normalized spacial score (nSPS) is 27.8. The van der Waals surface area contributed by atoms with Crippen molar-refractivity contribution in [3.05, 3.63) is 0 Å². The SMILES string of the molecule is CCCCC(C(C)CCC)[C@@H]1CC1CCN. The van der Waals surface area contributed by atoms with Gasteiger partial charge in [-0.05, 0) is 49.5 Å². The fourth-order valence-electron chi connectivity index (χ4n) is 3.37. The smallest absolute Gasteiger partial charge is 0.00745 e. The van der Waals surface area contributed by atoms with Gasteiger partial charge in [-0.3, -0.25) is 0 Å². The van der Waals surface area contributed by atoms with Crippen LogP contribution in [0.25, 0.3) is 0 Å². The van der Waals surface area contributed by atoms with Gasteiger partial charge in [-0.25, -0.2) is 0 Å². The Labute approximate surface area is 102 Å². The van der Waals surface area contributed by atoms with Crippen LogP contribution in [0.2, 0.25) is 0 Å². The van der Waals surface area contributed by atoms with Gasteiger partial charge < -0.3 is 5.73 Å². The van der Waals surface area contributed by atoms with E-state index in [2.05, 4.69) is 20.8 Å². The van der Waals surface area contributed by atoms with Crippen molar-refractivity contribution in [3.8, 4) is 0 Å². The van der Waals surface area contributed by atoms with E-state index in [9.17, 15) is 0 Å². The second-order valence-corrected chi connectivity index (χ2v) is 5.81. The minimum atomic E-state index is 0.893. The van der Waals surface area contributed by atoms with Crippen LogP contribution in [0.15, 0.2) is 0 Å². The highest BCUT2D eigenvalue weighted by molar-refractivity contribution is 4.92. The van der Waals surface area contributed by atoms with Crippen LogP contribution in [0.4, 0.5) is 0 Å². The molecule has 16 heavy (non-hydrogen) atoms. The lowest BCUT2D eigenvalue weighted by Gasteiger charge is -2.24. The van der Waals surface area contributed by atoms with E-state index in [-0.39, 0.29) is 0 Å². The molecule has 0 saturated heterocycles. The first-order valence-corrected chi connectivity index (χ1v) is 7.44. The van der Waals surface area contributed by atoms with Crippen LogP contribution in [0.5, 0.6) is 0 Å². The molecule has 0 aromatic carbocycles. The molecule has 96 valence electrons. The van der Waals surface area contributed by atoms with Gasteiger partial charge >= 0.3 is 0 Å². The van der Waals surface area contributed by atoms with Gasteiger partial charge in [0.15, 0.2) is 0 Å². The number of hydrogen-bond acceptors (Lipinski definition) is 1. The highest BCUT2D eigenvalue weighted by Crippen LogP contribution is 2.51. The molecule has 0 bridgehead atoms. The summed E-state index contributed by atoms with van der Waals surface area (Å²) in [5, 5.41) is 0. The summed E-state index contributed by atoms with van der Waals surface area (Å²) in [6, 6.07) is 0. The van der Waals surface area contributed by atoms with Crippen LogP contribution in [-0.4, -0.2) is 6.54 Å². The van der Waals surface area contributed by atoms with E-state index in [4.69, 9.17) is 5.73 Å². The molecule has 1 fully saturated rings. The van der Waals surface area contributed by atoms with Gasteiger partial charge in [-0.1, -0.05) is 46.5 Å². The number of unbranched alkanes of at least 4 members (excludes halogenated alkanes) is 1. The molecule has 3 unspecified atom stereocenters. The van der Waals surface area contributed by atoms with Crippen molar-refractivity contribution in [3.63, 3.8) is 0 Å². The molecule has 0 amide bonds. The molecule has 1 heteroatoms. The van der Waals surface area contributed by atoms with Crippen molar-refractivity contribution in [1.29, 1.82) is 0 Å². The lowest BCUT2D eigenvalue weighted by Crippen LogP contribution is -2.16. The molecule has 4 atom stereocenters. The Morgan fingerprint density at radius 1 is 1.19 bits per heavy atom. The van der Waals surface area contributed by atoms with Crippen molar-refractivity contribution in [2.75, 3.05) is 6.54 Å². The van der Waals surface area contributed by atoms with Gasteiger partial charge in [0.2, 0.25) is 0 Å². The topological polar surface area (TPSA) is 26.0 Å². The molecule has 0 aromatic heterocycles. The van der Waals surface area contributed by atoms with Gasteiger partial charge in [0.25, 0.3) is 0 Å². The minimum Gasteiger partial charge on any atom is -0.330 e. The van der Waals surface area contributed by atoms with Crippen LogP contribution in [0.1, 0.15) is 65.7 Å². The molecule has 1 aliphatic rings. The molecule has 0 heterocycles.